The van der Waals surface area contributed by atoms with Gasteiger partial charge in [-0.25, -0.2) is 5.43 Å². The summed E-state index contributed by atoms with van der Waals surface area (Å²) in [7, 11) is 2.98. The maximum atomic E-state index is 12.2. The zero-order chi connectivity index (χ0) is 23.6. The number of hydrogen-bond donors (Lipinski definition) is 2. The zero-order valence-electron chi connectivity index (χ0n) is 18.0. The number of nitrogens with one attached hydrogen (secondary N) is 2. The van der Waals surface area contributed by atoms with Gasteiger partial charge >= 0.3 is 0 Å². The number of para-hydroxylation sites is 1. The molecule has 0 fully saturated rings. The maximum absolute atomic E-state index is 12.2. The minimum Gasteiger partial charge on any atom is -0.497 e. The van der Waals surface area contributed by atoms with Crippen LogP contribution in [0.25, 0.3) is 0 Å². The summed E-state index contributed by atoms with van der Waals surface area (Å²) in [6.45, 7) is -0.255. The minimum atomic E-state index is -0.396. The van der Waals surface area contributed by atoms with E-state index in [1.54, 1.807) is 48.5 Å². The van der Waals surface area contributed by atoms with Crippen LogP contribution < -0.4 is 25.0 Å². The van der Waals surface area contributed by atoms with Crippen molar-refractivity contribution in [3.63, 3.8) is 0 Å². The van der Waals surface area contributed by atoms with Crippen molar-refractivity contribution < 1.29 is 23.8 Å². The average Bonchev–Trinajstić information content (AvgIpc) is 2.83. The van der Waals surface area contributed by atoms with Crippen LogP contribution in [0.2, 0.25) is 5.02 Å². The highest BCUT2D eigenvalue weighted by Crippen LogP contribution is 2.36. The molecule has 0 saturated carbocycles. The first-order valence-electron chi connectivity index (χ1n) is 9.83. The zero-order valence-corrected chi connectivity index (χ0v) is 18.8. The Morgan fingerprint density at radius 1 is 1.00 bits per heavy atom. The van der Waals surface area contributed by atoms with Gasteiger partial charge in [-0.05, 0) is 48.0 Å². The van der Waals surface area contributed by atoms with E-state index in [0.717, 1.165) is 0 Å². The fourth-order valence-corrected chi connectivity index (χ4v) is 3.08. The van der Waals surface area contributed by atoms with E-state index in [-0.39, 0.29) is 23.3 Å². The number of hydrazone groups is 1. The largest absolute Gasteiger partial charge is 0.497 e. The number of halogens is 1. The standard InChI is InChI=1S/C24H22ClN3O5/c1-31-19-10-6-7-17(13-19)24(30)28-26-14-16-11-20(25)23(21(12-16)32-2)33-15-22(29)27-18-8-4-3-5-9-18/h3-14H,15H2,1-2H3,(H,27,29)(H,28,30)/b26-14+. The highest BCUT2D eigenvalue weighted by molar-refractivity contribution is 6.32. The van der Waals surface area contributed by atoms with E-state index in [4.69, 9.17) is 25.8 Å². The van der Waals surface area contributed by atoms with E-state index in [1.807, 2.05) is 18.2 Å². The fraction of sp³-hybridized carbons (Fsp3) is 0.125. The van der Waals surface area contributed by atoms with Gasteiger partial charge in [0.15, 0.2) is 18.1 Å². The van der Waals surface area contributed by atoms with Gasteiger partial charge < -0.3 is 19.5 Å². The summed E-state index contributed by atoms with van der Waals surface area (Å²) in [6.07, 6.45) is 1.42. The van der Waals surface area contributed by atoms with Gasteiger partial charge in [-0.1, -0.05) is 35.9 Å². The highest BCUT2D eigenvalue weighted by Gasteiger charge is 2.14. The Bertz CT molecular complexity index is 1150. The van der Waals surface area contributed by atoms with E-state index in [2.05, 4.69) is 15.8 Å². The SMILES string of the molecule is COc1cccc(C(=O)N/N=C/c2cc(Cl)c(OCC(=O)Nc3ccccc3)c(OC)c2)c1. The van der Waals surface area contributed by atoms with E-state index < -0.39 is 5.91 Å². The van der Waals surface area contributed by atoms with Crippen LogP contribution in [-0.2, 0) is 4.79 Å². The van der Waals surface area contributed by atoms with Crippen molar-refractivity contribution in [2.24, 2.45) is 5.10 Å². The summed E-state index contributed by atoms with van der Waals surface area (Å²) in [5.41, 5.74) is 4.06. The summed E-state index contributed by atoms with van der Waals surface area (Å²) in [5.74, 6) is 0.365. The number of ether oxygens (including phenoxy) is 3. The smallest absolute Gasteiger partial charge is 0.271 e. The Kier molecular flexibility index (Phi) is 8.26. The predicted octanol–water partition coefficient (Wildman–Crippen LogP) is 4.14. The molecule has 170 valence electrons. The van der Waals surface area contributed by atoms with Crippen LogP contribution in [0.1, 0.15) is 15.9 Å². The summed E-state index contributed by atoms with van der Waals surface area (Å²) in [6, 6.07) is 18.9. The van der Waals surface area contributed by atoms with Crippen molar-refractivity contribution in [1.82, 2.24) is 5.43 Å². The molecule has 0 heterocycles. The molecule has 2 amide bonds. The predicted molar refractivity (Wildman–Crippen MR) is 127 cm³/mol. The highest BCUT2D eigenvalue weighted by atomic mass is 35.5. The molecule has 0 aromatic heterocycles. The van der Waals surface area contributed by atoms with E-state index in [1.165, 1.54) is 20.4 Å². The number of hydrogen-bond acceptors (Lipinski definition) is 6. The third kappa shape index (κ3) is 6.72. The molecule has 0 radical (unpaired) electrons. The summed E-state index contributed by atoms with van der Waals surface area (Å²) in [4.78, 5) is 24.4. The molecule has 0 unspecified atom stereocenters. The van der Waals surface area contributed by atoms with Crippen molar-refractivity contribution in [2.45, 2.75) is 0 Å². The number of benzene rings is 3. The molecule has 3 rings (SSSR count). The third-order valence-corrected chi connectivity index (χ3v) is 4.65. The number of rotatable bonds is 9. The van der Waals surface area contributed by atoms with Gasteiger partial charge in [0, 0.05) is 11.3 Å². The lowest BCUT2D eigenvalue weighted by Gasteiger charge is -2.13. The first-order valence-corrected chi connectivity index (χ1v) is 10.2. The molecule has 3 aromatic rings. The van der Waals surface area contributed by atoms with Crippen LogP contribution in [-0.4, -0.2) is 38.9 Å². The molecule has 0 bridgehead atoms. The number of methoxy groups -OCH3 is 2. The Morgan fingerprint density at radius 2 is 1.79 bits per heavy atom. The topological polar surface area (TPSA) is 98.3 Å². The number of carbonyl (C=O) groups excluding carboxylic acids is 2. The first kappa shape index (κ1) is 23.6. The molecule has 0 atom stereocenters. The van der Waals surface area contributed by atoms with Crippen molar-refractivity contribution in [1.29, 1.82) is 0 Å². The molecule has 0 spiro atoms. The fourth-order valence-electron chi connectivity index (χ4n) is 2.80. The Hall–Kier alpha value is -4.04. The van der Waals surface area contributed by atoms with Gasteiger partial charge in [-0.3, -0.25) is 9.59 Å². The molecular formula is C24H22ClN3O5. The van der Waals surface area contributed by atoms with Gasteiger partial charge in [-0.2, -0.15) is 5.10 Å². The lowest BCUT2D eigenvalue weighted by molar-refractivity contribution is -0.118. The second-order valence-electron chi connectivity index (χ2n) is 6.67. The normalized spacial score (nSPS) is 10.5. The van der Waals surface area contributed by atoms with Crippen LogP contribution in [0.15, 0.2) is 71.8 Å². The van der Waals surface area contributed by atoms with Crippen molar-refractivity contribution >= 4 is 35.3 Å². The van der Waals surface area contributed by atoms with E-state index in [9.17, 15) is 9.59 Å². The number of carbonyl (C=O) groups is 2. The van der Waals surface area contributed by atoms with E-state index in [0.29, 0.717) is 28.3 Å². The van der Waals surface area contributed by atoms with Gasteiger partial charge in [0.05, 0.1) is 25.5 Å². The van der Waals surface area contributed by atoms with Crippen LogP contribution >= 0.6 is 11.6 Å². The maximum Gasteiger partial charge on any atom is 0.271 e. The number of anilines is 1. The molecule has 3 aromatic carbocycles. The quantitative estimate of drug-likeness (QED) is 0.364. The van der Waals surface area contributed by atoms with Gasteiger partial charge in [0.2, 0.25) is 0 Å². The molecule has 0 saturated heterocycles. The molecule has 0 aliphatic heterocycles. The Labute approximate surface area is 196 Å². The molecule has 0 aliphatic rings. The van der Waals surface area contributed by atoms with Crippen molar-refractivity contribution in [3.8, 4) is 17.2 Å². The van der Waals surface area contributed by atoms with Crippen LogP contribution in [0, 0.1) is 0 Å². The summed E-state index contributed by atoms with van der Waals surface area (Å²) >= 11 is 6.33. The molecule has 8 nitrogen and oxygen atoms in total. The van der Waals surface area contributed by atoms with Crippen molar-refractivity contribution in [2.75, 3.05) is 26.1 Å². The van der Waals surface area contributed by atoms with Crippen LogP contribution in [0.4, 0.5) is 5.69 Å². The van der Waals surface area contributed by atoms with E-state index >= 15 is 0 Å². The summed E-state index contributed by atoms with van der Waals surface area (Å²) in [5, 5.41) is 6.90. The van der Waals surface area contributed by atoms with Gasteiger partial charge in [-0.15, -0.1) is 0 Å². The Balaban J connectivity index is 1.63. The molecule has 33 heavy (non-hydrogen) atoms. The van der Waals surface area contributed by atoms with Crippen LogP contribution in [0.3, 0.4) is 0 Å². The number of amides is 2. The first-order chi connectivity index (χ1) is 16.0. The second kappa shape index (κ2) is 11.5. The Morgan fingerprint density at radius 3 is 2.52 bits per heavy atom. The van der Waals surface area contributed by atoms with Crippen LogP contribution in [0.5, 0.6) is 17.2 Å². The molecule has 0 aliphatic carbocycles. The second-order valence-corrected chi connectivity index (χ2v) is 7.08. The van der Waals surface area contributed by atoms with Gasteiger partial charge in [0.25, 0.3) is 11.8 Å². The number of nitrogens with zero attached hydrogens (tertiary/aromatic N) is 1. The third-order valence-electron chi connectivity index (χ3n) is 4.37. The monoisotopic (exact) mass is 467 g/mol. The van der Waals surface area contributed by atoms with Crippen molar-refractivity contribution in [3.05, 3.63) is 82.9 Å². The minimum absolute atomic E-state index is 0.222. The lowest BCUT2D eigenvalue weighted by atomic mass is 10.2. The average molecular weight is 468 g/mol. The molecule has 9 heteroatoms. The molecule has 2 N–H and O–H groups in total. The lowest BCUT2D eigenvalue weighted by Crippen LogP contribution is -2.20. The summed E-state index contributed by atoms with van der Waals surface area (Å²) < 4.78 is 16.0. The van der Waals surface area contributed by atoms with Gasteiger partial charge in [0.1, 0.15) is 5.75 Å². The molecular weight excluding hydrogens is 446 g/mol.